The molecular weight excluding hydrogens is 100 g/mol. The molecule has 0 radical (unpaired) electrons. The predicted octanol–water partition coefficient (Wildman–Crippen LogP) is 1.50. The van der Waals surface area contributed by atoms with Crippen LogP contribution in [0.25, 0.3) is 0 Å². The topological polar surface area (TPSA) is 20.2 Å². The van der Waals surface area contributed by atoms with Crippen molar-refractivity contribution >= 4 is 0 Å². The molecule has 0 aromatic carbocycles. The lowest BCUT2D eigenvalue weighted by Gasteiger charge is -1.96. The third-order valence-electron chi connectivity index (χ3n) is 1.06. The number of aliphatic hydroxyl groups excluding tert-OH is 1. The Bertz CT molecular complexity index is 108. The van der Waals surface area contributed by atoms with E-state index in [2.05, 4.69) is 6.58 Å². The summed E-state index contributed by atoms with van der Waals surface area (Å²) in [6.07, 6.45) is 1.68. The van der Waals surface area contributed by atoms with Crippen molar-refractivity contribution in [2.24, 2.45) is 0 Å². The molecular formula is C7H12O. The van der Waals surface area contributed by atoms with Crippen molar-refractivity contribution in [3.63, 3.8) is 0 Å². The molecule has 0 fully saturated rings. The summed E-state index contributed by atoms with van der Waals surface area (Å²) >= 11 is 0. The maximum Gasteiger partial charge on any atom is 0.0681 e. The molecule has 0 aromatic rings. The minimum atomic E-state index is 0.103. The van der Waals surface area contributed by atoms with Crippen LogP contribution in [0.5, 0.6) is 0 Å². The molecule has 1 nitrogen and oxygen atoms in total. The van der Waals surface area contributed by atoms with Gasteiger partial charge in [0.25, 0.3) is 0 Å². The molecule has 0 saturated heterocycles. The highest BCUT2D eigenvalue weighted by Gasteiger charge is 1.87. The Kier molecular flexibility index (Phi) is 3.20. The Morgan fingerprint density at radius 3 is 2.12 bits per heavy atom. The van der Waals surface area contributed by atoms with Gasteiger partial charge in [-0.3, -0.25) is 0 Å². The second-order valence-corrected chi connectivity index (χ2v) is 1.89. The van der Waals surface area contributed by atoms with Crippen LogP contribution in [0.1, 0.15) is 13.8 Å². The summed E-state index contributed by atoms with van der Waals surface area (Å²) in [5.41, 5.74) is 2.05. The SMILES string of the molecule is C=CC(CO)=C(C)C. The van der Waals surface area contributed by atoms with Crippen molar-refractivity contribution in [3.8, 4) is 0 Å². The monoisotopic (exact) mass is 112 g/mol. The molecule has 8 heavy (non-hydrogen) atoms. The van der Waals surface area contributed by atoms with Crippen LogP contribution < -0.4 is 0 Å². The van der Waals surface area contributed by atoms with E-state index in [9.17, 15) is 0 Å². The first kappa shape index (κ1) is 7.44. The van der Waals surface area contributed by atoms with E-state index in [0.29, 0.717) is 0 Å². The van der Waals surface area contributed by atoms with Gasteiger partial charge in [0.15, 0.2) is 0 Å². The van der Waals surface area contributed by atoms with Gasteiger partial charge in [-0.15, -0.1) is 0 Å². The minimum absolute atomic E-state index is 0.103. The minimum Gasteiger partial charge on any atom is -0.392 e. The summed E-state index contributed by atoms with van der Waals surface area (Å²) in [5.74, 6) is 0. The molecule has 0 aromatic heterocycles. The van der Waals surface area contributed by atoms with Crippen LogP contribution in [0.3, 0.4) is 0 Å². The van der Waals surface area contributed by atoms with E-state index in [1.54, 1.807) is 6.08 Å². The van der Waals surface area contributed by atoms with E-state index in [1.807, 2.05) is 13.8 Å². The Hall–Kier alpha value is -0.560. The number of allylic oxidation sites excluding steroid dienone is 1. The zero-order valence-corrected chi connectivity index (χ0v) is 5.44. The largest absolute Gasteiger partial charge is 0.392 e. The molecule has 0 saturated carbocycles. The molecule has 46 valence electrons. The summed E-state index contributed by atoms with van der Waals surface area (Å²) in [4.78, 5) is 0. The second-order valence-electron chi connectivity index (χ2n) is 1.89. The number of rotatable bonds is 2. The molecule has 0 unspecified atom stereocenters. The maximum absolute atomic E-state index is 8.57. The standard InChI is InChI=1S/C7H12O/c1-4-7(5-8)6(2)3/h4,8H,1,5H2,2-3H3. The van der Waals surface area contributed by atoms with Crippen molar-refractivity contribution in [2.75, 3.05) is 6.61 Å². The van der Waals surface area contributed by atoms with Gasteiger partial charge in [-0.05, 0) is 19.4 Å². The van der Waals surface area contributed by atoms with Crippen LogP contribution in [-0.4, -0.2) is 11.7 Å². The molecule has 0 spiro atoms. The Balaban J connectivity index is 4.07. The average molecular weight is 112 g/mol. The molecule has 1 N–H and O–H groups in total. The summed E-state index contributed by atoms with van der Waals surface area (Å²) in [6, 6.07) is 0. The molecule has 0 atom stereocenters. The van der Waals surface area contributed by atoms with Crippen molar-refractivity contribution in [1.29, 1.82) is 0 Å². The number of hydrogen-bond acceptors (Lipinski definition) is 1. The zero-order chi connectivity index (χ0) is 6.57. The van der Waals surface area contributed by atoms with Crippen LogP contribution in [0, 0.1) is 0 Å². The van der Waals surface area contributed by atoms with Crippen LogP contribution in [0.4, 0.5) is 0 Å². The summed E-state index contributed by atoms with van der Waals surface area (Å²) < 4.78 is 0. The van der Waals surface area contributed by atoms with Gasteiger partial charge in [-0.1, -0.05) is 18.2 Å². The fourth-order valence-corrected chi connectivity index (χ4v) is 0.427. The first-order valence-corrected chi connectivity index (χ1v) is 2.62. The number of hydrogen-bond donors (Lipinski definition) is 1. The molecule has 0 aliphatic rings. The van der Waals surface area contributed by atoms with E-state index in [-0.39, 0.29) is 6.61 Å². The average Bonchev–Trinajstić information content (AvgIpc) is 1.69. The molecule has 0 amide bonds. The van der Waals surface area contributed by atoms with Crippen LogP contribution >= 0.6 is 0 Å². The normalized spacial score (nSPS) is 8.38. The summed E-state index contributed by atoms with van der Waals surface area (Å²) in [5, 5.41) is 8.57. The van der Waals surface area contributed by atoms with Gasteiger partial charge in [0.2, 0.25) is 0 Å². The molecule has 0 aliphatic carbocycles. The van der Waals surface area contributed by atoms with E-state index < -0.39 is 0 Å². The maximum atomic E-state index is 8.57. The second kappa shape index (κ2) is 3.44. The van der Waals surface area contributed by atoms with E-state index in [0.717, 1.165) is 11.1 Å². The fourth-order valence-electron chi connectivity index (χ4n) is 0.427. The molecule has 0 bridgehead atoms. The highest BCUT2D eigenvalue weighted by Crippen LogP contribution is 2.01. The quantitative estimate of drug-likeness (QED) is 0.537. The van der Waals surface area contributed by atoms with E-state index >= 15 is 0 Å². The third-order valence-corrected chi connectivity index (χ3v) is 1.06. The predicted molar refractivity (Wildman–Crippen MR) is 35.7 cm³/mol. The van der Waals surface area contributed by atoms with Crippen molar-refractivity contribution in [3.05, 3.63) is 23.8 Å². The Morgan fingerprint density at radius 2 is 2.12 bits per heavy atom. The Labute approximate surface area is 50.3 Å². The Morgan fingerprint density at radius 1 is 1.62 bits per heavy atom. The lowest BCUT2D eigenvalue weighted by molar-refractivity contribution is 0.334. The van der Waals surface area contributed by atoms with Gasteiger partial charge in [-0.2, -0.15) is 0 Å². The number of aliphatic hydroxyl groups is 1. The van der Waals surface area contributed by atoms with Crippen LogP contribution in [0.2, 0.25) is 0 Å². The third kappa shape index (κ3) is 1.94. The molecule has 0 aliphatic heterocycles. The first-order valence-electron chi connectivity index (χ1n) is 2.62. The first-order chi connectivity index (χ1) is 3.72. The smallest absolute Gasteiger partial charge is 0.0681 e. The summed E-state index contributed by atoms with van der Waals surface area (Å²) in [6.45, 7) is 7.54. The van der Waals surface area contributed by atoms with Crippen molar-refractivity contribution in [1.82, 2.24) is 0 Å². The zero-order valence-electron chi connectivity index (χ0n) is 5.44. The molecule has 0 rings (SSSR count). The van der Waals surface area contributed by atoms with Crippen LogP contribution in [-0.2, 0) is 0 Å². The van der Waals surface area contributed by atoms with Gasteiger partial charge in [-0.25, -0.2) is 0 Å². The van der Waals surface area contributed by atoms with E-state index in [1.165, 1.54) is 0 Å². The summed E-state index contributed by atoms with van der Waals surface area (Å²) in [7, 11) is 0. The highest BCUT2D eigenvalue weighted by molar-refractivity contribution is 5.21. The van der Waals surface area contributed by atoms with E-state index in [4.69, 9.17) is 5.11 Å². The van der Waals surface area contributed by atoms with Gasteiger partial charge in [0.05, 0.1) is 6.61 Å². The van der Waals surface area contributed by atoms with Crippen molar-refractivity contribution < 1.29 is 5.11 Å². The highest BCUT2D eigenvalue weighted by atomic mass is 16.3. The lowest BCUT2D eigenvalue weighted by Crippen LogP contribution is -1.87. The molecule has 0 heterocycles. The lowest BCUT2D eigenvalue weighted by atomic mass is 10.2. The van der Waals surface area contributed by atoms with Gasteiger partial charge in [0, 0.05) is 0 Å². The van der Waals surface area contributed by atoms with Gasteiger partial charge in [0.1, 0.15) is 0 Å². The van der Waals surface area contributed by atoms with Crippen LogP contribution in [0.15, 0.2) is 23.8 Å². The van der Waals surface area contributed by atoms with Gasteiger partial charge < -0.3 is 5.11 Å². The fraction of sp³-hybridized carbons (Fsp3) is 0.429. The van der Waals surface area contributed by atoms with Crippen molar-refractivity contribution in [2.45, 2.75) is 13.8 Å². The van der Waals surface area contributed by atoms with Gasteiger partial charge >= 0.3 is 0 Å². The molecule has 1 heteroatoms.